The Morgan fingerprint density at radius 3 is 2.75 bits per heavy atom. The van der Waals surface area contributed by atoms with Crippen molar-refractivity contribution in [2.75, 3.05) is 5.32 Å². The lowest BCUT2D eigenvalue weighted by Crippen LogP contribution is -2.18. The van der Waals surface area contributed by atoms with E-state index in [4.69, 9.17) is 11.6 Å². The zero-order valence-electron chi connectivity index (χ0n) is 11.8. The summed E-state index contributed by atoms with van der Waals surface area (Å²) < 4.78 is 1.73. The second-order valence-corrected chi connectivity index (χ2v) is 5.31. The van der Waals surface area contributed by atoms with Gasteiger partial charge in [-0.1, -0.05) is 24.6 Å². The SMILES string of the molecule is CCCn1cc(NCc2ccc(Cl)cc2C)ccc1=O. The minimum absolute atomic E-state index is 0.0417. The third kappa shape index (κ3) is 3.64. The van der Waals surface area contributed by atoms with E-state index in [9.17, 15) is 4.79 Å². The van der Waals surface area contributed by atoms with Crippen molar-refractivity contribution in [1.29, 1.82) is 0 Å². The number of aryl methyl sites for hydroxylation is 2. The van der Waals surface area contributed by atoms with E-state index in [1.165, 1.54) is 5.56 Å². The molecule has 20 heavy (non-hydrogen) atoms. The lowest BCUT2D eigenvalue weighted by Gasteiger charge is -2.11. The third-order valence-corrected chi connectivity index (χ3v) is 3.47. The van der Waals surface area contributed by atoms with Gasteiger partial charge in [-0.25, -0.2) is 0 Å². The zero-order valence-corrected chi connectivity index (χ0v) is 12.6. The number of anilines is 1. The summed E-state index contributed by atoms with van der Waals surface area (Å²) in [4.78, 5) is 11.6. The van der Waals surface area contributed by atoms with Crippen LogP contribution < -0.4 is 10.9 Å². The normalized spacial score (nSPS) is 10.6. The number of halogens is 1. The second-order valence-electron chi connectivity index (χ2n) is 4.87. The van der Waals surface area contributed by atoms with Gasteiger partial charge < -0.3 is 9.88 Å². The van der Waals surface area contributed by atoms with E-state index in [1.807, 2.05) is 37.4 Å². The number of nitrogens with zero attached hydrogens (tertiary/aromatic N) is 1. The smallest absolute Gasteiger partial charge is 0.250 e. The van der Waals surface area contributed by atoms with E-state index in [1.54, 1.807) is 10.6 Å². The molecule has 2 aromatic rings. The van der Waals surface area contributed by atoms with E-state index < -0.39 is 0 Å². The number of nitrogens with one attached hydrogen (secondary N) is 1. The predicted octanol–water partition coefficient (Wildman–Crippen LogP) is 3.83. The molecule has 4 heteroatoms. The van der Waals surface area contributed by atoms with Crippen molar-refractivity contribution in [3.05, 3.63) is 63.0 Å². The van der Waals surface area contributed by atoms with Crippen molar-refractivity contribution in [3.8, 4) is 0 Å². The molecule has 0 aliphatic heterocycles. The van der Waals surface area contributed by atoms with E-state index >= 15 is 0 Å². The Labute approximate surface area is 124 Å². The van der Waals surface area contributed by atoms with Crippen molar-refractivity contribution in [2.45, 2.75) is 33.4 Å². The fourth-order valence-electron chi connectivity index (χ4n) is 2.11. The molecule has 0 saturated carbocycles. The highest BCUT2D eigenvalue weighted by Gasteiger charge is 2.01. The quantitative estimate of drug-likeness (QED) is 0.908. The van der Waals surface area contributed by atoms with Gasteiger partial charge in [0.1, 0.15) is 0 Å². The average molecular weight is 291 g/mol. The van der Waals surface area contributed by atoms with Gasteiger partial charge in [-0.05, 0) is 42.7 Å². The van der Waals surface area contributed by atoms with Crippen LogP contribution in [0.3, 0.4) is 0 Å². The number of hydrogen-bond acceptors (Lipinski definition) is 2. The molecule has 0 atom stereocenters. The second kappa shape index (κ2) is 6.62. The Morgan fingerprint density at radius 1 is 1.25 bits per heavy atom. The number of pyridine rings is 1. The van der Waals surface area contributed by atoms with Crippen LogP contribution in [-0.2, 0) is 13.1 Å². The van der Waals surface area contributed by atoms with Crippen LogP contribution in [0.4, 0.5) is 5.69 Å². The van der Waals surface area contributed by atoms with Gasteiger partial charge in [0.2, 0.25) is 0 Å². The van der Waals surface area contributed by atoms with Gasteiger partial charge in [-0.3, -0.25) is 4.79 Å². The monoisotopic (exact) mass is 290 g/mol. The first-order valence-corrected chi connectivity index (χ1v) is 7.17. The molecule has 106 valence electrons. The summed E-state index contributed by atoms with van der Waals surface area (Å²) in [5.74, 6) is 0. The zero-order chi connectivity index (χ0) is 14.5. The molecule has 0 amide bonds. The van der Waals surface area contributed by atoms with Crippen molar-refractivity contribution in [2.24, 2.45) is 0 Å². The molecule has 1 aromatic heterocycles. The lowest BCUT2D eigenvalue weighted by atomic mass is 10.1. The largest absolute Gasteiger partial charge is 0.380 e. The molecular weight excluding hydrogens is 272 g/mol. The van der Waals surface area contributed by atoms with Crippen molar-refractivity contribution in [1.82, 2.24) is 4.57 Å². The number of aromatic nitrogens is 1. The maximum Gasteiger partial charge on any atom is 0.250 e. The van der Waals surface area contributed by atoms with Gasteiger partial charge in [0.15, 0.2) is 0 Å². The van der Waals surface area contributed by atoms with E-state index in [2.05, 4.69) is 12.2 Å². The Morgan fingerprint density at radius 2 is 2.05 bits per heavy atom. The molecule has 0 saturated heterocycles. The Hall–Kier alpha value is -1.74. The molecule has 0 aliphatic rings. The molecule has 0 aliphatic carbocycles. The Balaban J connectivity index is 2.10. The van der Waals surface area contributed by atoms with Gasteiger partial charge >= 0.3 is 0 Å². The fraction of sp³-hybridized carbons (Fsp3) is 0.312. The molecule has 0 unspecified atom stereocenters. The molecule has 1 N–H and O–H groups in total. The number of rotatable bonds is 5. The Bertz CT molecular complexity index is 649. The minimum atomic E-state index is 0.0417. The highest BCUT2D eigenvalue weighted by atomic mass is 35.5. The third-order valence-electron chi connectivity index (χ3n) is 3.24. The highest BCUT2D eigenvalue weighted by molar-refractivity contribution is 6.30. The first-order valence-electron chi connectivity index (χ1n) is 6.79. The molecule has 0 spiro atoms. The lowest BCUT2D eigenvalue weighted by molar-refractivity contribution is 0.655. The van der Waals surface area contributed by atoms with Gasteiger partial charge in [0, 0.05) is 30.4 Å². The summed E-state index contributed by atoms with van der Waals surface area (Å²) in [6.07, 6.45) is 2.82. The molecular formula is C16H19ClN2O. The van der Waals surface area contributed by atoms with Gasteiger partial charge in [-0.15, -0.1) is 0 Å². The molecule has 0 bridgehead atoms. The highest BCUT2D eigenvalue weighted by Crippen LogP contribution is 2.16. The first-order chi connectivity index (χ1) is 9.60. The molecule has 3 nitrogen and oxygen atoms in total. The predicted molar refractivity (Wildman–Crippen MR) is 84.5 cm³/mol. The van der Waals surface area contributed by atoms with Gasteiger partial charge in [0.05, 0.1) is 5.69 Å². The molecule has 1 heterocycles. The standard InChI is InChI=1S/C16H19ClN2O/c1-3-8-19-11-15(6-7-16(19)20)18-10-13-4-5-14(17)9-12(13)2/h4-7,9,11,18H,3,8,10H2,1-2H3. The van der Waals surface area contributed by atoms with Crippen LogP contribution in [0, 0.1) is 6.92 Å². The molecule has 0 fully saturated rings. The van der Waals surface area contributed by atoms with Crippen LogP contribution in [0.25, 0.3) is 0 Å². The van der Waals surface area contributed by atoms with Crippen LogP contribution in [0.5, 0.6) is 0 Å². The van der Waals surface area contributed by atoms with E-state index in [0.717, 1.165) is 29.2 Å². The minimum Gasteiger partial charge on any atom is -0.380 e. The maximum atomic E-state index is 11.6. The van der Waals surface area contributed by atoms with Crippen LogP contribution in [0.1, 0.15) is 24.5 Å². The van der Waals surface area contributed by atoms with Crippen LogP contribution >= 0.6 is 11.6 Å². The van der Waals surface area contributed by atoms with E-state index in [-0.39, 0.29) is 5.56 Å². The van der Waals surface area contributed by atoms with Crippen molar-refractivity contribution in [3.63, 3.8) is 0 Å². The van der Waals surface area contributed by atoms with Crippen LogP contribution in [-0.4, -0.2) is 4.57 Å². The maximum absolute atomic E-state index is 11.6. The topological polar surface area (TPSA) is 34.0 Å². The summed E-state index contributed by atoms with van der Waals surface area (Å²) in [6.45, 7) is 5.56. The van der Waals surface area contributed by atoms with Crippen LogP contribution in [0.2, 0.25) is 5.02 Å². The number of hydrogen-bond donors (Lipinski definition) is 1. The summed E-state index contributed by atoms with van der Waals surface area (Å²) in [7, 11) is 0. The van der Waals surface area contributed by atoms with Gasteiger partial charge in [-0.2, -0.15) is 0 Å². The molecule has 0 radical (unpaired) electrons. The first kappa shape index (κ1) is 14.7. The summed E-state index contributed by atoms with van der Waals surface area (Å²) >= 11 is 5.95. The van der Waals surface area contributed by atoms with E-state index in [0.29, 0.717) is 6.54 Å². The summed E-state index contributed by atoms with van der Waals surface area (Å²) in [6, 6.07) is 9.29. The van der Waals surface area contributed by atoms with Crippen molar-refractivity contribution >= 4 is 17.3 Å². The van der Waals surface area contributed by atoms with Crippen molar-refractivity contribution < 1.29 is 0 Å². The molecule has 2 rings (SSSR count). The van der Waals surface area contributed by atoms with Crippen LogP contribution in [0.15, 0.2) is 41.3 Å². The molecule has 1 aromatic carbocycles. The number of benzene rings is 1. The average Bonchev–Trinajstić information content (AvgIpc) is 2.41. The Kier molecular flexibility index (Phi) is 4.85. The summed E-state index contributed by atoms with van der Waals surface area (Å²) in [5.41, 5.74) is 3.35. The fourth-order valence-corrected chi connectivity index (χ4v) is 2.33. The summed E-state index contributed by atoms with van der Waals surface area (Å²) in [5, 5.41) is 4.10. The van der Waals surface area contributed by atoms with Gasteiger partial charge in [0.25, 0.3) is 5.56 Å².